The molecule has 0 saturated carbocycles. The molecule has 2 aromatic rings. The Balaban J connectivity index is 2.47. The molecule has 3 nitrogen and oxygen atoms in total. The van der Waals surface area contributed by atoms with E-state index in [-0.39, 0.29) is 0 Å². The van der Waals surface area contributed by atoms with Crippen molar-refractivity contribution >= 4 is 0 Å². The van der Waals surface area contributed by atoms with Crippen molar-refractivity contribution in [1.29, 1.82) is 0 Å². The van der Waals surface area contributed by atoms with Crippen LogP contribution in [0.25, 0.3) is 5.69 Å². The third kappa shape index (κ3) is 1.54. The van der Waals surface area contributed by atoms with Crippen molar-refractivity contribution in [2.24, 2.45) is 5.73 Å². The van der Waals surface area contributed by atoms with Gasteiger partial charge in [0.2, 0.25) is 0 Å². The summed E-state index contributed by atoms with van der Waals surface area (Å²) in [5.74, 6) is 0. The van der Waals surface area contributed by atoms with Crippen molar-refractivity contribution in [2.75, 3.05) is 0 Å². The number of imidazole rings is 1. The molecule has 0 atom stereocenters. The van der Waals surface area contributed by atoms with Gasteiger partial charge in [-0.05, 0) is 24.6 Å². The summed E-state index contributed by atoms with van der Waals surface area (Å²) in [5, 5.41) is 0. The summed E-state index contributed by atoms with van der Waals surface area (Å²) in [5.41, 5.74) is 8.96. The van der Waals surface area contributed by atoms with Crippen molar-refractivity contribution in [2.45, 2.75) is 13.5 Å². The van der Waals surface area contributed by atoms with E-state index in [0.29, 0.717) is 6.54 Å². The molecule has 0 radical (unpaired) electrons. The minimum atomic E-state index is 0.571. The third-order valence-electron chi connectivity index (χ3n) is 2.25. The van der Waals surface area contributed by atoms with Crippen LogP contribution in [0.3, 0.4) is 0 Å². The van der Waals surface area contributed by atoms with Gasteiger partial charge in [0.25, 0.3) is 0 Å². The van der Waals surface area contributed by atoms with Crippen LogP contribution in [0.5, 0.6) is 0 Å². The van der Waals surface area contributed by atoms with E-state index in [1.165, 1.54) is 0 Å². The normalized spacial score (nSPS) is 10.4. The fourth-order valence-corrected chi connectivity index (χ4v) is 1.46. The Morgan fingerprint density at radius 3 is 2.93 bits per heavy atom. The molecule has 0 bridgehead atoms. The van der Waals surface area contributed by atoms with Crippen LogP contribution in [-0.4, -0.2) is 9.55 Å². The average molecular weight is 187 g/mol. The molecule has 0 amide bonds. The van der Waals surface area contributed by atoms with Gasteiger partial charge >= 0.3 is 0 Å². The van der Waals surface area contributed by atoms with Crippen molar-refractivity contribution in [3.63, 3.8) is 0 Å². The molecule has 0 aliphatic carbocycles. The van der Waals surface area contributed by atoms with Gasteiger partial charge in [-0.15, -0.1) is 0 Å². The van der Waals surface area contributed by atoms with Gasteiger partial charge in [-0.2, -0.15) is 0 Å². The fourth-order valence-electron chi connectivity index (χ4n) is 1.46. The predicted octanol–water partition coefficient (Wildman–Crippen LogP) is 1.64. The van der Waals surface area contributed by atoms with E-state index in [4.69, 9.17) is 5.73 Å². The Bertz CT molecular complexity index is 432. The highest BCUT2D eigenvalue weighted by atomic mass is 15.0. The summed E-state index contributed by atoms with van der Waals surface area (Å²) in [6, 6.07) is 8.16. The molecule has 2 N–H and O–H groups in total. The van der Waals surface area contributed by atoms with Gasteiger partial charge in [0.1, 0.15) is 0 Å². The van der Waals surface area contributed by atoms with Crippen LogP contribution < -0.4 is 5.73 Å². The van der Waals surface area contributed by atoms with E-state index in [2.05, 4.69) is 11.1 Å². The van der Waals surface area contributed by atoms with Gasteiger partial charge in [-0.25, -0.2) is 4.98 Å². The quantitative estimate of drug-likeness (QED) is 0.776. The van der Waals surface area contributed by atoms with E-state index in [0.717, 1.165) is 16.9 Å². The van der Waals surface area contributed by atoms with E-state index in [1.807, 2.05) is 42.2 Å². The lowest BCUT2D eigenvalue weighted by atomic mass is 10.2. The highest BCUT2D eigenvalue weighted by Crippen LogP contribution is 2.12. The Morgan fingerprint density at radius 1 is 1.43 bits per heavy atom. The summed E-state index contributed by atoms with van der Waals surface area (Å²) in [4.78, 5) is 4.09. The zero-order valence-corrected chi connectivity index (χ0v) is 8.14. The lowest BCUT2D eigenvalue weighted by Gasteiger charge is -2.06. The maximum absolute atomic E-state index is 5.59. The smallest absolute Gasteiger partial charge is 0.0994 e. The minimum absolute atomic E-state index is 0.571. The lowest BCUT2D eigenvalue weighted by molar-refractivity contribution is 0.988. The van der Waals surface area contributed by atoms with Crippen LogP contribution >= 0.6 is 0 Å². The average Bonchev–Trinajstić information content (AvgIpc) is 2.65. The van der Waals surface area contributed by atoms with Crippen molar-refractivity contribution in [3.05, 3.63) is 48.0 Å². The molecule has 1 heterocycles. The largest absolute Gasteiger partial charge is 0.326 e. The summed E-state index contributed by atoms with van der Waals surface area (Å²) < 4.78 is 2.04. The maximum atomic E-state index is 5.59. The molecule has 1 aromatic carbocycles. The molecule has 0 saturated heterocycles. The highest BCUT2D eigenvalue weighted by molar-refractivity contribution is 5.37. The molecule has 0 aliphatic rings. The van der Waals surface area contributed by atoms with E-state index in [9.17, 15) is 0 Å². The zero-order chi connectivity index (χ0) is 9.97. The van der Waals surface area contributed by atoms with Crippen LogP contribution in [0.2, 0.25) is 0 Å². The number of nitrogens with two attached hydrogens (primary N) is 1. The van der Waals surface area contributed by atoms with Gasteiger partial charge in [-0.3, -0.25) is 0 Å². The first-order valence-corrected chi connectivity index (χ1v) is 4.59. The third-order valence-corrected chi connectivity index (χ3v) is 2.25. The minimum Gasteiger partial charge on any atom is -0.326 e. The van der Waals surface area contributed by atoms with E-state index in [1.54, 1.807) is 0 Å². The first-order chi connectivity index (χ1) is 6.81. The molecule has 3 heteroatoms. The van der Waals surface area contributed by atoms with Crippen LogP contribution in [0.15, 0.2) is 36.8 Å². The molecule has 0 fully saturated rings. The van der Waals surface area contributed by atoms with Crippen molar-refractivity contribution < 1.29 is 0 Å². The van der Waals surface area contributed by atoms with Gasteiger partial charge in [-0.1, -0.05) is 12.1 Å². The van der Waals surface area contributed by atoms with Gasteiger partial charge in [0, 0.05) is 24.1 Å². The Kier molecular flexibility index (Phi) is 2.33. The van der Waals surface area contributed by atoms with Crippen LogP contribution in [0, 0.1) is 6.92 Å². The van der Waals surface area contributed by atoms with Gasteiger partial charge in [0.05, 0.1) is 6.33 Å². The number of hydrogen-bond acceptors (Lipinski definition) is 2. The number of rotatable bonds is 2. The zero-order valence-electron chi connectivity index (χ0n) is 8.14. The van der Waals surface area contributed by atoms with Crippen LogP contribution in [0.1, 0.15) is 11.3 Å². The second kappa shape index (κ2) is 3.64. The topological polar surface area (TPSA) is 43.8 Å². The standard InChI is InChI=1S/C11H13N3/c1-9-7-13-8-14(9)11-4-2-3-10(5-11)6-12/h2-5,7-8H,6,12H2,1H3. The fraction of sp³-hybridized carbons (Fsp3) is 0.182. The predicted molar refractivity (Wildman–Crippen MR) is 56.2 cm³/mol. The molecule has 2 rings (SSSR count). The molecule has 14 heavy (non-hydrogen) atoms. The SMILES string of the molecule is Cc1cncn1-c1cccc(CN)c1. The highest BCUT2D eigenvalue weighted by Gasteiger charge is 1.99. The number of aryl methyl sites for hydroxylation is 1. The van der Waals surface area contributed by atoms with E-state index < -0.39 is 0 Å². The first-order valence-electron chi connectivity index (χ1n) is 4.59. The summed E-state index contributed by atoms with van der Waals surface area (Å²) in [7, 11) is 0. The number of hydrogen-bond donors (Lipinski definition) is 1. The van der Waals surface area contributed by atoms with Crippen LogP contribution in [0.4, 0.5) is 0 Å². The number of nitrogens with zero attached hydrogens (tertiary/aromatic N) is 2. The summed E-state index contributed by atoms with van der Waals surface area (Å²) in [6.07, 6.45) is 3.65. The summed E-state index contributed by atoms with van der Waals surface area (Å²) in [6.45, 7) is 2.60. The Morgan fingerprint density at radius 2 is 2.29 bits per heavy atom. The Labute approximate surface area is 83.2 Å². The summed E-state index contributed by atoms with van der Waals surface area (Å²) >= 11 is 0. The van der Waals surface area contributed by atoms with Crippen LogP contribution in [-0.2, 0) is 6.54 Å². The molecule has 0 spiro atoms. The van der Waals surface area contributed by atoms with Crippen molar-refractivity contribution in [3.8, 4) is 5.69 Å². The van der Waals surface area contributed by atoms with Crippen molar-refractivity contribution in [1.82, 2.24) is 9.55 Å². The Hall–Kier alpha value is -1.61. The molecule has 0 aliphatic heterocycles. The second-order valence-electron chi connectivity index (χ2n) is 3.28. The molecular formula is C11H13N3. The molecule has 0 unspecified atom stereocenters. The monoisotopic (exact) mass is 187 g/mol. The van der Waals surface area contributed by atoms with Gasteiger partial charge < -0.3 is 10.3 Å². The van der Waals surface area contributed by atoms with E-state index >= 15 is 0 Å². The second-order valence-corrected chi connectivity index (χ2v) is 3.28. The maximum Gasteiger partial charge on any atom is 0.0994 e. The molecule has 72 valence electrons. The number of benzene rings is 1. The molecule has 1 aromatic heterocycles. The van der Waals surface area contributed by atoms with Gasteiger partial charge in [0.15, 0.2) is 0 Å². The number of aromatic nitrogens is 2. The molecular weight excluding hydrogens is 174 g/mol. The lowest BCUT2D eigenvalue weighted by Crippen LogP contribution is -1.99. The first kappa shape index (κ1) is 8.97.